The number of ether oxygens (including phenoxy) is 1. The molecule has 3 heterocycles. The monoisotopic (exact) mass is 555 g/mol. The van der Waals surface area contributed by atoms with Crippen molar-refractivity contribution in [1.29, 1.82) is 5.26 Å². The van der Waals surface area contributed by atoms with E-state index in [-0.39, 0.29) is 22.8 Å². The Morgan fingerprint density at radius 1 is 1.13 bits per heavy atom. The normalized spacial score (nSPS) is 17.0. The number of thiocarbonyl (C=S) groups is 1. The van der Waals surface area contributed by atoms with E-state index in [2.05, 4.69) is 15.9 Å². The van der Waals surface area contributed by atoms with Crippen LogP contribution in [-0.4, -0.2) is 66.1 Å². The number of halogens is 1. The number of aromatic nitrogens is 1. The molecule has 2 aliphatic rings. The molecule has 0 saturated carbocycles. The van der Waals surface area contributed by atoms with Gasteiger partial charge in [-0.1, -0.05) is 30.9 Å². The SMILES string of the molecule is CCCn1c(N2CCN(c3ccc(F)cc3)CC2)c(/C=C2\SC(=S)N(CCOC)C2=O)c(C)c(C#N)c1=O. The standard InChI is InChI=1S/C27H30FN5O3S2/c1-4-9-32-24(31-12-10-30(11-13-31)20-7-5-19(28)6-8-20)21(18(2)22(17-29)25(32)34)16-23-26(35)33(14-15-36-3)27(37)38-23/h5-8,16H,4,9-15H2,1-3H3/b23-16-. The number of hydrogen-bond donors (Lipinski definition) is 0. The molecule has 0 unspecified atom stereocenters. The Hall–Kier alpha value is -3.20. The molecule has 1 aromatic carbocycles. The van der Waals surface area contributed by atoms with Crippen molar-refractivity contribution in [3.05, 3.63) is 62.0 Å². The van der Waals surface area contributed by atoms with Crippen LogP contribution in [0.1, 0.15) is 30.0 Å². The summed E-state index contributed by atoms with van der Waals surface area (Å²) in [4.78, 5) is 32.9. The van der Waals surface area contributed by atoms with Crippen molar-refractivity contribution in [2.45, 2.75) is 26.8 Å². The molecule has 0 aliphatic carbocycles. The van der Waals surface area contributed by atoms with Gasteiger partial charge in [-0.3, -0.25) is 19.1 Å². The predicted molar refractivity (Wildman–Crippen MR) is 153 cm³/mol. The summed E-state index contributed by atoms with van der Waals surface area (Å²) in [6.45, 7) is 7.46. The third-order valence-electron chi connectivity index (χ3n) is 6.73. The van der Waals surface area contributed by atoms with Crippen LogP contribution >= 0.6 is 24.0 Å². The van der Waals surface area contributed by atoms with Gasteiger partial charge in [-0.15, -0.1) is 0 Å². The number of carbonyl (C=O) groups excluding carboxylic acids is 1. The zero-order valence-electron chi connectivity index (χ0n) is 21.7. The second kappa shape index (κ2) is 12.1. The first-order valence-electron chi connectivity index (χ1n) is 12.5. The second-order valence-electron chi connectivity index (χ2n) is 9.08. The molecule has 38 heavy (non-hydrogen) atoms. The third kappa shape index (κ3) is 5.48. The lowest BCUT2D eigenvalue weighted by atomic mass is 10.0. The van der Waals surface area contributed by atoms with E-state index in [4.69, 9.17) is 17.0 Å². The fraction of sp³-hybridized carbons (Fsp3) is 0.407. The number of nitrogens with zero attached hydrogens (tertiary/aromatic N) is 5. The highest BCUT2D eigenvalue weighted by Crippen LogP contribution is 2.36. The fourth-order valence-electron chi connectivity index (χ4n) is 4.75. The highest BCUT2D eigenvalue weighted by molar-refractivity contribution is 8.26. The summed E-state index contributed by atoms with van der Waals surface area (Å²) in [5.74, 6) is 0.214. The molecular weight excluding hydrogens is 525 g/mol. The van der Waals surface area contributed by atoms with Gasteiger partial charge in [0.05, 0.1) is 18.1 Å². The number of carbonyl (C=O) groups is 1. The minimum atomic E-state index is -0.326. The number of benzene rings is 1. The molecule has 2 aliphatic heterocycles. The Bertz CT molecular complexity index is 1360. The number of amides is 1. The lowest BCUT2D eigenvalue weighted by Gasteiger charge is -2.39. The quantitative estimate of drug-likeness (QED) is 0.360. The summed E-state index contributed by atoms with van der Waals surface area (Å²) in [7, 11) is 1.57. The van der Waals surface area contributed by atoms with Crippen LogP contribution in [0.5, 0.6) is 0 Å². The predicted octanol–water partition coefficient (Wildman–Crippen LogP) is 3.75. The van der Waals surface area contributed by atoms with Gasteiger partial charge >= 0.3 is 0 Å². The maximum atomic E-state index is 13.4. The van der Waals surface area contributed by atoms with E-state index in [1.54, 1.807) is 36.8 Å². The third-order valence-corrected chi connectivity index (χ3v) is 8.11. The number of methoxy groups -OCH3 is 1. The van der Waals surface area contributed by atoms with Crippen molar-refractivity contribution in [3.63, 3.8) is 0 Å². The molecule has 0 spiro atoms. The highest BCUT2D eigenvalue weighted by atomic mass is 32.2. The first-order chi connectivity index (χ1) is 18.3. The molecule has 0 bridgehead atoms. The molecule has 2 fully saturated rings. The van der Waals surface area contributed by atoms with Crippen molar-refractivity contribution in [2.75, 3.05) is 56.2 Å². The summed E-state index contributed by atoms with van der Waals surface area (Å²) in [5, 5.41) is 9.85. The van der Waals surface area contributed by atoms with Crippen LogP contribution in [0, 0.1) is 24.1 Å². The van der Waals surface area contributed by atoms with Gasteiger partial charge in [0.15, 0.2) is 0 Å². The molecule has 0 radical (unpaired) electrons. The number of pyridine rings is 1. The van der Waals surface area contributed by atoms with E-state index >= 15 is 0 Å². The Labute approximate surface area is 231 Å². The van der Waals surface area contributed by atoms with Gasteiger partial charge in [-0.2, -0.15) is 5.26 Å². The smallest absolute Gasteiger partial charge is 0.270 e. The number of hydrogen-bond acceptors (Lipinski definition) is 8. The van der Waals surface area contributed by atoms with Crippen LogP contribution < -0.4 is 15.4 Å². The Kier molecular flexibility index (Phi) is 8.87. The zero-order valence-corrected chi connectivity index (χ0v) is 23.3. The summed E-state index contributed by atoms with van der Waals surface area (Å²) in [6.07, 6.45) is 2.48. The summed E-state index contributed by atoms with van der Waals surface area (Å²) in [5.41, 5.74) is 1.91. The van der Waals surface area contributed by atoms with Gasteiger partial charge < -0.3 is 14.5 Å². The molecule has 0 atom stereocenters. The topological polar surface area (TPSA) is 81.8 Å². The van der Waals surface area contributed by atoms with E-state index in [1.807, 2.05) is 6.92 Å². The van der Waals surface area contributed by atoms with Gasteiger partial charge in [0.2, 0.25) is 0 Å². The van der Waals surface area contributed by atoms with Crippen molar-refractivity contribution < 1.29 is 13.9 Å². The van der Waals surface area contributed by atoms with E-state index in [1.165, 1.54) is 28.8 Å². The fourth-order valence-corrected chi connectivity index (χ4v) is 6.04. The zero-order chi connectivity index (χ0) is 27.4. The minimum absolute atomic E-state index is 0.0771. The summed E-state index contributed by atoms with van der Waals surface area (Å²) in [6, 6.07) is 8.51. The molecule has 200 valence electrons. The first kappa shape index (κ1) is 27.8. The maximum absolute atomic E-state index is 13.4. The summed E-state index contributed by atoms with van der Waals surface area (Å²) >= 11 is 6.66. The van der Waals surface area contributed by atoms with Crippen LogP contribution in [0.3, 0.4) is 0 Å². The van der Waals surface area contributed by atoms with Gasteiger partial charge in [-0.05, 0) is 49.2 Å². The Morgan fingerprint density at radius 2 is 1.79 bits per heavy atom. The van der Waals surface area contributed by atoms with Crippen LogP contribution in [0.15, 0.2) is 34.0 Å². The van der Waals surface area contributed by atoms with Crippen molar-refractivity contribution >= 4 is 51.8 Å². The number of anilines is 2. The molecular formula is C27H30FN5O3S2. The van der Waals surface area contributed by atoms with Gasteiger partial charge in [-0.25, -0.2) is 4.39 Å². The van der Waals surface area contributed by atoms with Crippen molar-refractivity contribution in [1.82, 2.24) is 9.47 Å². The van der Waals surface area contributed by atoms with E-state index in [0.29, 0.717) is 78.5 Å². The van der Waals surface area contributed by atoms with Gasteiger partial charge in [0.25, 0.3) is 11.5 Å². The number of piperazine rings is 1. The van der Waals surface area contributed by atoms with E-state index in [9.17, 15) is 19.2 Å². The highest BCUT2D eigenvalue weighted by Gasteiger charge is 2.33. The van der Waals surface area contributed by atoms with Crippen LogP contribution in [0.2, 0.25) is 0 Å². The molecule has 1 amide bonds. The molecule has 2 aromatic rings. The maximum Gasteiger partial charge on any atom is 0.270 e. The largest absolute Gasteiger partial charge is 0.383 e. The van der Waals surface area contributed by atoms with Gasteiger partial charge in [0.1, 0.15) is 27.6 Å². The number of rotatable bonds is 8. The van der Waals surface area contributed by atoms with Gasteiger partial charge in [0, 0.05) is 51.1 Å². The number of thioether (sulfide) groups is 1. The van der Waals surface area contributed by atoms with Crippen molar-refractivity contribution in [3.8, 4) is 6.07 Å². The van der Waals surface area contributed by atoms with E-state index in [0.717, 1.165) is 5.69 Å². The lowest BCUT2D eigenvalue weighted by Crippen LogP contribution is -2.48. The summed E-state index contributed by atoms with van der Waals surface area (Å²) < 4.78 is 20.6. The van der Waals surface area contributed by atoms with Crippen LogP contribution in [-0.2, 0) is 16.1 Å². The first-order valence-corrected chi connectivity index (χ1v) is 13.7. The lowest BCUT2D eigenvalue weighted by molar-refractivity contribution is -0.122. The molecule has 11 heteroatoms. The number of nitriles is 1. The van der Waals surface area contributed by atoms with Crippen LogP contribution in [0.4, 0.5) is 15.9 Å². The average Bonchev–Trinajstić information content (AvgIpc) is 3.18. The van der Waals surface area contributed by atoms with E-state index < -0.39 is 0 Å². The Balaban J connectivity index is 1.76. The molecule has 1 aromatic heterocycles. The molecule has 0 N–H and O–H groups in total. The molecule has 2 saturated heterocycles. The molecule has 8 nitrogen and oxygen atoms in total. The van der Waals surface area contributed by atoms with Crippen LogP contribution in [0.25, 0.3) is 6.08 Å². The average molecular weight is 556 g/mol. The second-order valence-corrected chi connectivity index (χ2v) is 10.8. The molecule has 4 rings (SSSR count). The minimum Gasteiger partial charge on any atom is -0.383 e. The van der Waals surface area contributed by atoms with Crippen molar-refractivity contribution in [2.24, 2.45) is 0 Å². The Morgan fingerprint density at radius 3 is 2.39 bits per heavy atom.